The van der Waals surface area contributed by atoms with Crippen molar-refractivity contribution >= 4 is 27.7 Å². The molecular formula is C44H49N2+. The van der Waals surface area contributed by atoms with E-state index in [0.29, 0.717) is 0 Å². The highest BCUT2D eigenvalue weighted by molar-refractivity contribution is 6.07. The minimum Gasteiger partial charge on any atom is -0.350 e. The maximum absolute atomic E-state index is 2.46. The van der Waals surface area contributed by atoms with Crippen LogP contribution in [0.4, 0.5) is 5.69 Å². The van der Waals surface area contributed by atoms with Crippen LogP contribution in [0.1, 0.15) is 77.5 Å². The Hall–Kier alpha value is -4.17. The Labute approximate surface area is 276 Å². The third-order valence-electron chi connectivity index (χ3n) is 11.0. The van der Waals surface area contributed by atoms with E-state index in [1.165, 1.54) is 67.0 Å². The first kappa shape index (κ1) is 30.5. The van der Waals surface area contributed by atoms with Crippen molar-refractivity contribution in [2.45, 2.75) is 72.6 Å². The van der Waals surface area contributed by atoms with Crippen molar-refractivity contribution in [3.63, 3.8) is 0 Å². The van der Waals surface area contributed by atoms with Gasteiger partial charge in [0.05, 0.1) is 5.41 Å². The van der Waals surface area contributed by atoms with Gasteiger partial charge in [-0.25, -0.2) is 0 Å². The van der Waals surface area contributed by atoms with E-state index in [9.17, 15) is 0 Å². The average Bonchev–Trinajstić information content (AvgIpc) is 3.34. The number of rotatable bonds is 4. The highest BCUT2D eigenvalue weighted by atomic mass is 15.2. The van der Waals surface area contributed by atoms with Gasteiger partial charge in [0.25, 0.3) is 0 Å². The van der Waals surface area contributed by atoms with Crippen molar-refractivity contribution < 1.29 is 4.58 Å². The van der Waals surface area contributed by atoms with Gasteiger partial charge < -0.3 is 4.90 Å². The Morgan fingerprint density at radius 2 is 1.50 bits per heavy atom. The van der Waals surface area contributed by atoms with Gasteiger partial charge in [0.2, 0.25) is 5.69 Å². The molecule has 0 aromatic heterocycles. The predicted octanol–water partition coefficient (Wildman–Crippen LogP) is 10.8. The summed E-state index contributed by atoms with van der Waals surface area (Å²) in [7, 11) is 4.47. The fourth-order valence-corrected chi connectivity index (χ4v) is 9.00. The summed E-state index contributed by atoms with van der Waals surface area (Å²) in [6.07, 6.45) is 20.8. The molecule has 0 fully saturated rings. The van der Waals surface area contributed by atoms with Crippen LogP contribution in [-0.4, -0.2) is 29.3 Å². The molecule has 0 atom stereocenters. The Kier molecular flexibility index (Phi) is 7.27. The normalized spacial score (nSPS) is 23.2. The lowest BCUT2D eigenvalue weighted by atomic mass is 9.74. The molecule has 0 saturated carbocycles. The van der Waals surface area contributed by atoms with Gasteiger partial charge in [0.15, 0.2) is 5.71 Å². The van der Waals surface area contributed by atoms with E-state index in [4.69, 9.17) is 0 Å². The number of fused-ring (bicyclic) bond motifs is 5. The molecule has 0 unspecified atom stereocenters. The average molecular weight is 606 g/mol. The summed E-state index contributed by atoms with van der Waals surface area (Å²) in [5, 5.41) is 2.67. The Morgan fingerprint density at radius 3 is 2.33 bits per heavy atom. The molecule has 3 aromatic carbocycles. The minimum absolute atomic E-state index is 0.0220. The standard InChI is InChI=1S/C44H49N2/c1-42(2)28-30(15-13-21-38-43(3,4)40-34-19-11-9-17-32(34)23-25-36(40)45(38)7)27-31(29-42)16-14-22-39-44(5,6)41-35-20-12-10-18-33(35)24-26-37(41)46(39)8/h9-23,25,27H,24,26,28-29H2,1-8H3/q+1. The highest BCUT2D eigenvalue weighted by Crippen LogP contribution is 2.54. The maximum Gasteiger partial charge on any atom is 0.210 e. The molecule has 2 aliphatic heterocycles. The lowest BCUT2D eigenvalue weighted by Crippen LogP contribution is -2.26. The van der Waals surface area contributed by atoms with Crippen molar-refractivity contribution in [1.29, 1.82) is 0 Å². The molecule has 2 heteroatoms. The second-order valence-corrected chi connectivity index (χ2v) is 15.7. The van der Waals surface area contributed by atoms with Crippen molar-refractivity contribution in [2.24, 2.45) is 10.8 Å². The van der Waals surface area contributed by atoms with Crippen LogP contribution in [0, 0.1) is 10.8 Å². The molecule has 7 rings (SSSR count). The van der Waals surface area contributed by atoms with Crippen LogP contribution in [0.3, 0.4) is 0 Å². The summed E-state index contributed by atoms with van der Waals surface area (Å²) in [5.74, 6) is 0. The molecule has 46 heavy (non-hydrogen) atoms. The topological polar surface area (TPSA) is 6.25 Å². The smallest absolute Gasteiger partial charge is 0.210 e. The monoisotopic (exact) mass is 605 g/mol. The Balaban J connectivity index is 1.14. The zero-order chi connectivity index (χ0) is 32.4. The van der Waals surface area contributed by atoms with Crippen LogP contribution >= 0.6 is 0 Å². The van der Waals surface area contributed by atoms with Crippen LogP contribution < -0.4 is 0 Å². The Morgan fingerprint density at radius 1 is 0.761 bits per heavy atom. The largest absolute Gasteiger partial charge is 0.350 e. The van der Waals surface area contributed by atoms with Crippen LogP contribution in [0.2, 0.25) is 0 Å². The Bertz CT molecular complexity index is 1980. The van der Waals surface area contributed by atoms with E-state index >= 15 is 0 Å². The zero-order valence-electron chi connectivity index (χ0n) is 29.0. The first-order valence-electron chi connectivity index (χ1n) is 17.0. The number of allylic oxidation sites excluding steroid dienone is 11. The molecule has 3 aromatic rings. The van der Waals surface area contributed by atoms with Crippen molar-refractivity contribution in [3.05, 3.63) is 142 Å². The molecule has 234 valence electrons. The summed E-state index contributed by atoms with van der Waals surface area (Å²) >= 11 is 0. The van der Waals surface area contributed by atoms with Gasteiger partial charge in [0, 0.05) is 41.6 Å². The number of aryl methyl sites for hydroxylation is 1. The van der Waals surface area contributed by atoms with E-state index in [1.54, 1.807) is 0 Å². The molecule has 0 spiro atoms. The molecule has 2 heterocycles. The van der Waals surface area contributed by atoms with Crippen molar-refractivity contribution in [3.8, 4) is 0 Å². The van der Waals surface area contributed by atoms with Crippen molar-refractivity contribution in [1.82, 2.24) is 4.90 Å². The number of hydrogen-bond acceptors (Lipinski definition) is 1. The fourth-order valence-electron chi connectivity index (χ4n) is 9.00. The van der Waals surface area contributed by atoms with Gasteiger partial charge in [-0.05, 0) is 95.7 Å². The summed E-state index contributed by atoms with van der Waals surface area (Å²) in [5.41, 5.74) is 14.3. The third kappa shape index (κ3) is 4.98. The first-order chi connectivity index (χ1) is 21.9. The van der Waals surface area contributed by atoms with E-state index in [-0.39, 0.29) is 16.2 Å². The van der Waals surface area contributed by atoms with Gasteiger partial charge >= 0.3 is 0 Å². The van der Waals surface area contributed by atoms with Crippen LogP contribution in [0.25, 0.3) is 16.3 Å². The summed E-state index contributed by atoms with van der Waals surface area (Å²) in [6.45, 7) is 14.3. The second kappa shape index (κ2) is 11.0. The van der Waals surface area contributed by atoms with E-state index in [0.717, 1.165) is 25.7 Å². The molecule has 2 aliphatic carbocycles. The van der Waals surface area contributed by atoms with Gasteiger partial charge in [-0.15, -0.1) is 0 Å². The SMILES string of the molecule is CN1C2=C(c3ccccc3CC2)C(C)(C)/C1=C\C=C\C1=CC(=C/C=C/C2=[N+](C)c3ccc4ccccc4c3C2(C)C)/CC(C)(C)C1. The zero-order valence-corrected chi connectivity index (χ0v) is 29.0. The van der Waals surface area contributed by atoms with Crippen LogP contribution in [0.15, 0.2) is 126 Å². The predicted molar refractivity (Wildman–Crippen MR) is 197 cm³/mol. The molecule has 0 N–H and O–H groups in total. The molecule has 4 aliphatic rings. The first-order valence-corrected chi connectivity index (χ1v) is 17.0. The molecule has 0 saturated heterocycles. The number of benzene rings is 3. The quantitative estimate of drug-likeness (QED) is 0.268. The molecular weight excluding hydrogens is 556 g/mol. The minimum atomic E-state index is -0.0691. The molecule has 2 nitrogen and oxygen atoms in total. The number of hydrogen-bond donors (Lipinski definition) is 0. The van der Waals surface area contributed by atoms with E-state index in [1.807, 2.05) is 0 Å². The molecule has 0 amide bonds. The highest BCUT2D eigenvalue weighted by Gasteiger charge is 2.44. The molecule has 0 bridgehead atoms. The lowest BCUT2D eigenvalue weighted by molar-refractivity contribution is -0.401. The van der Waals surface area contributed by atoms with Crippen LogP contribution in [0.5, 0.6) is 0 Å². The maximum atomic E-state index is 2.46. The van der Waals surface area contributed by atoms with Crippen LogP contribution in [-0.2, 0) is 11.8 Å². The van der Waals surface area contributed by atoms with E-state index in [2.05, 4.69) is 168 Å². The van der Waals surface area contributed by atoms with Gasteiger partial charge in [-0.1, -0.05) is 107 Å². The third-order valence-corrected chi connectivity index (χ3v) is 11.0. The van der Waals surface area contributed by atoms with Gasteiger partial charge in [-0.2, -0.15) is 4.58 Å². The lowest BCUT2D eigenvalue weighted by Gasteiger charge is -2.30. The van der Waals surface area contributed by atoms with Crippen molar-refractivity contribution in [2.75, 3.05) is 14.1 Å². The van der Waals surface area contributed by atoms with Gasteiger partial charge in [0.1, 0.15) is 7.05 Å². The fraction of sp³-hybridized carbons (Fsp3) is 0.341. The number of nitrogens with zero attached hydrogens (tertiary/aromatic N) is 2. The summed E-state index contributed by atoms with van der Waals surface area (Å²) in [4.78, 5) is 2.46. The van der Waals surface area contributed by atoms with Gasteiger partial charge in [-0.3, -0.25) is 0 Å². The van der Waals surface area contributed by atoms with E-state index < -0.39 is 0 Å². The summed E-state index contributed by atoms with van der Waals surface area (Å²) in [6, 6.07) is 22.3. The second-order valence-electron chi connectivity index (χ2n) is 15.7. The molecule has 0 radical (unpaired) electrons. The summed E-state index contributed by atoms with van der Waals surface area (Å²) < 4.78 is 2.38.